The van der Waals surface area contributed by atoms with Crippen molar-refractivity contribution >= 4 is 23.2 Å². The summed E-state index contributed by atoms with van der Waals surface area (Å²) in [5.41, 5.74) is -0.0432. The highest BCUT2D eigenvalue weighted by molar-refractivity contribution is 6.07. The minimum atomic E-state index is -1.71. The first kappa shape index (κ1) is 19.5. The third-order valence-electron chi connectivity index (χ3n) is 5.42. The van der Waals surface area contributed by atoms with E-state index in [-0.39, 0.29) is 18.6 Å². The number of likely N-dealkylation sites (N-methyl/N-ethyl adjacent to an activating group) is 1. The Morgan fingerprint density at radius 2 is 2.30 bits per heavy atom. The van der Waals surface area contributed by atoms with Crippen LogP contribution in [0.1, 0.15) is 31.7 Å². The van der Waals surface area contributed by atoms with E-state index < -0.39 is 17.4 Å². The highest BCUT2D eigenvalue weighted by atomic mass is 16.3. The topological polar surface area (TPSA) is 102 Å². The summed E-state index contributed by atoms with van der Waals surface area (Å²) in [5, 5.41) is 26.3. The molecule has 0 radical (unpaired) electrons. The fourth-order valence-electron chi connectivity index (χ4n) is 3.78. The predicted molar refractivity (Wildman–Crippen MR) is 103 cm³/mol. The molecular formula is C20H27N3O4. The van der Waals surface area contributed by atoms with Gasteiger partial charge in [0.2, 0.25) is 5.91 Å². The maximum Gasteiger partial charge on any atom is 0.264 e. The molecule has 0 spiro atoms. The molecule has 0 bridgehead atoms. The third-order valence-corrected chi connectivity index (χ3v) is 5.42. The van der Waals surface area contributed by atoms with Crippen LogP contribution in [0, 0.1) is 5.92 Å². The summed E-state index contributed by atoms with van der Waals surface area (Å²) in [6.45, 7) is 2.61. The number of hydrogen-bond acceptors (Lipinski definition) is 5. The summed E-state index contributed by atoms with van der Waals surface area (Å²) in [4.78, 5) is 26.6. The van der Waals surface area contributed by atoms with Crippen molar-refractivity contribution in [1.82, 2.24) is 5.32 Å². The molecule has 4 N–H and O–H groups in total. The molecule has 1 aromatic carbocycles. The molecule has 7 nitrogen and oxygen atoms in total. The van der Waals surface area contributed by atoms with Crippen molar-refractivity contribution in [2.45, 2.75) is 37.8 Å². The van der Waals surface area contributed by atoms with Crippen LogP contribution < -0.4 is 15.5 Å². The Labute approximate surface area is 159 Å². The van der Waals surface area contributed by atoms with Crippen molar-refractivity contribution in [3.8, 4) is 0 Å². The predicted octanol–water partition coefficient (Wildman–Crippen LogP) is 1.12. The van der Waals surface area contributed by atoms with Gasteiger partial charge in [-0.2, -0.15) is 0 Å². The fourth-order valence-corrected chi connectivity index (χ4v) is 3.78. The number of rotatable bonds is 6. The van der Waals surface area contributed by atoms with Gasteiger partial charge in [0.1, 0.15) is 0 Å². The minimum Gasteiger partial charge on any atom is -0.396 e. The van der Waals surface area contributed by atoms with Gasteiger partial charge in [0.05, 0.1) is 11.7 Å². The smallest absolute Gasteiger partial charge is 0.264 e. The molecule has 2 amide bonds. The Morgan fingerprint density at radius 3 is 2.96 bits per heavy atom. The molecular weight excluding hydrogens is 346 g/mol. The number of nitrogens with one attached hydrogen (secondary N) is 2. The number of benzene rings is 1. The molecule has 7 heteroatoms. The van der Waals surface area contributed by atoms with Crippen LogP contribution in [0.3, 0.4) is 0 Å². The molecule has 2 aliphatic rings. The van der Waals surface area contributed by atoms with Crippen LogP contribution in [0.4, 0.5) is 11.4 Å². The minimum absolute atomic E-state index is 0.0114. The van der Waals surface area contributed by atoms with Crippen molar-refractivity contribution in [1.29, 1.82) is 0 Å². The average molecular weight is 373 g/mol. The van der Waals surface area contributed by atoms with Gasteiger partial charge in [-0.1, -0.05) is 19.1 Å². The second kappa shape index (κ2) is 7.80. The molecule has 1 fully saturated rings. The zero-order valence-electron chi connectivity index (χ0n) is 15.7. The first-order valence-electron chi connectivity index (χ1n) is 9.36. The zero-order valence-corrected chi connectivity index (χ0v) is 15.7. The summed E-state index contributed by atoms with van der Waals surface area (Å²) in [5.74, 6) is -0.994. The van der Waals surface area contributed by atoms with Gasteiger partial charge in [0.25, 0.3) is 5.91 Å². The van der Waals surface area contributed by atoms with Crippen molar-refractivity contribution < 1.29 is 19.8 Å². The van der Waals surface area contributed by atoms with Crippen LogP contribution >= 0.6 is 0 Å². The summed E-state index contributed by atoms with van der Waals surface area (Å²) < 4.78 is 0. The molecule has 0 saturated carbocycles. The summed E-state index contributed by atoms with van der Waals surface area (Å²) >= 11 is 0. The van der Waals surface area contributed by atoms with Crippen LogP contribution in [0.15, 0.2) is 30.4 Å². The Kier molecular flexibility index (Phi) is 5.64. The third kappa shape index (κ3) is 3.50. The van der Waals surface area contributed by atoms with E-state index in [2.05, 4.69) is 10.6 Å². The number of nitrogens with zero attached hydrogens (tertiary/aromatic N) is 1. The van der Waals surface area contributed by atoms with Crippen LogP contribution in [0.5, 0.6) is 0 Å². The number of amides is 2. The number of aliphatic hydroxyl groups is 2. The van der Waals surface area contributed by atoms with Gasteiger partial charge in [0.15, 0.2) is 5.60 Å². The highest BCUT2D eigenvalue weighted by Crippen LogP contribution is 2.45. The lowest BCUT2D eigenvalue weighted by Gasteiger charge is -2.27. The average Bonchev–Trinajstić information content (AvgIpc) is 3.26. The highest BCUT2D eigenvalue weighted by Gasteiger charge is 2.51. The van der Waals surface area contributed by atoms with Gasteiger partial charge in [-0.3, -0.25) is 9.59 Å². The number of fused-ring (bicyclic) bond motifs is 1. The van der Waals surface area contributed by atoms with E-state index in [4.69, 9.17) is 5.11 Å². The van der Waals surface area contributed by atoms with E-state index in [1.807, 2.05) is 0 Å². The lowest BCUT2D eigenvalue weighted by atomic mass is 9.82. The first-order chi connectivity index (χ1) is 12.9. The van der Waals surface area contributed by atoms with E-state index in [0.717, 1.165) is 19.4 Å². The molecule has 2 heterocycles. The van der Waals surface area contributed by atoms with E-state index in [0.29, 0.717) is 23.4 Å². The zero-order chi connectivity index (χ0) is 19.6. The molecule has 2 aliphatic heterocycles. The van der Waals surface area contributed by atoms with Gasteiger partial charge in [-0.25, -0.2) is 0 Å². The maximum absolute atomic E-state index is 12.8. The lowest BCUT2D eigenvalue weighted by Crippen LogP contribution is -2.43. The Morgan fingerprint density at radius 1 is 1.52 bits per heavy atom. The van der Waals surface area contributed by atoms with E-state index >= 15 is 0 Å². The van der Waals surface area contributed by atoms with E-state index in [1.165, 1.54) is 4.90 Å². The Balaban J connectivity index is 1.89. The summed E-state index contributed by atoms with van der Waals surface area (Å²) in [7, 11) is 1.63. The van der Waals surface area contributed by atoms with Crippen molar-refractivity contribution in [2.75, 3.05) is 30.4 Å². The second-order valence-electron chi connectivity index (χ2n) is 7.23. The molecule has 0 unspecified atom stereocenters. The van der Waals surface area contributed by atoms with Gasteiger partial charge < -0.3 is 25.7 Å². The van der Waals surface area contributed by atoms with Gasteiger partial charge in [0, 0.05) is 30.8 Å². The summed E-state index contributed by atoms with van der Waals surface area (Å²) in [6.07, 6.45) is 5.73. The van der Waals surface area contributed by atoms with Crippen molar-refractivity contribution in [3.63, 3.8) is 0 Å². The first-order valence-corrected chi connectivity index (χ1v) is 9.36. The molecule has 3 rings (SSSR count). The number of carbonyl (C=O) groups is 2. The number of aliphatic hydroxyl groups excluding tert-OH is 1. The van der Waals surface area contributed by atoms with Crippen LogP contribution in [-0.4, -0.2) is 48.3 Å². The maximum atomic E-state index is 12.8. The second-order valence-corrected chi connectivity index (χ2v) is 7.23. The van der Waals surface area contributed by atoms with Crippen LogP contribution in [-0.2, 0) is 15.2 Å². The van der Waals surface area contributed by atoms with E-state index in [1.54, 1.807) is 44.3 Å². The number of hydrogen-bond donors (Lipinski definition) is 4. The fraction of sp³-hybridized carbons (Fsp3) is 0.500. The molecule has 27 heavy (non-hydrogen) atoms. The molecule has 0 aromatic heterocycles. The standard InChI is InChI=1S/C20H27N3O4/c1-13(6-3-4-11-24)20(27)15-12-14(8-9-17(15)23(2)19(20)26)22-18(25)16-7-5-10-21-16/h3,6,8-9,12-13,16,21,24,27H,4-5,7,10-11H2,1-2H3,(H,22,25)/b6-3+/t13-,16-,20+/m1/s1. The Bertz CT molecular complexity index is 758. The molecule has 3 atom stereocenters. The normalized spacial score (nSPS) is 25.9. The largest absolute Gasteiger partial charge is 0.396 e. The van der Waals surface area contributed by atoms with Crippen LogP contribution in [0.2, 0.25) is 0 Å². The van der Waals surface area contributed by atoms with Gasteiger partial charge in [-0.15, -0.1) is 0 Å². The van der Waals surface area contributed by atoms with Crippen molar-refractivity contribution in [2.24, 2.45) is 5.92 Å². The Hall–Kier alpha value is -2.22. The van der Waals surface area contributed by atoms with Gasteiger partial charge in [-0.05, 0) is 44.0 Å². The molecule has 1 saturated heterocycles. The summed E-state index contributed by atoms with van der Waals surface area (Å²) in [6, 6.07) is 4.96. The van der Waals surface area contributed by atoms with Gasteiger partial charge >= 0.3 is 0 Å². The molecule has 1 aromatic rings. The molecule has 0 aliphatic carbocycles. The molecule has 146 valence electrons. The van der Waals surface area contributed by atoms with Crippen molar-refractivity contribution in [3.05, 3.63) is 35.9 Å². The lowest BCUT2D eigenvalue weighted by molar-refractivity contribution is -0.139. The quantitative estimate of drug-likeness (QED) is 0.560. The SMILES string of the molecule is C[C@H](/C=C/CCO)[C@@]1(O)C(=O)N(C)c2ccc(NC(=O)[C@H]3CCCN3)cc21. The number of carbonyl (C=O) groups excluding carboxylic acids is 2. The number of anilines is 2. The van der Waals surface area contributed by atoms with Crippen LogP contribution in [0.25, 0.3) is 0 Å². The monoisotopic (exact) mass is 373 g/mol. The van der Waals surface area contributed by atoms with E-state index in [9.17, 15) is 14.7 Å².